The number of ether oxygens (including phenoxy) is 6. The molecular weight excluding hydrogens is 1140 g/mol. The van der Waals surface area contributed by atoms with E-state index >= 15 is 0 Å². The average Bonchev–Trinajstić information content (AvgIpc) is 1.06. The van der Waals surface area contributed by atoms with E-state index in [9.17, 15) is 61.0 Å². The van der Waals surface area contributed by atoms with Gasteiger partial charge >= 0.3 is 0 Å². The molecule has 89 heavy (non-hydrogen) atoms. The van der Waals surface area contributed by atoms with Crippen molar-refractivity contribution < 1.29 is 89.4 Å². The van der Waals surface area contributed by atoms with Crippen molar-refractivity contribution in [3.05, 3.63) is 24.3 Å². The van der Waals surface area contributed by atoms with E-state index in [0.717, 1.165) is 44.9 Å². The molecule has 12 N–H and O–H groups in total. The minimum atomic E-state index is -1.98. The Morgan fingerprint density at radius 2 is 0.719 bits per heavy atom. The Kier molecular flexibility index (Phi) is 48.1. The van der Waals surface area contributed by atoms with Gasteiger partial charge in [0.1, 0.15) is 73.2 Å². The number of carbonyl (C=O) groups is 1. The second-order valence-electron chi connectivity index (χ2n) is 26.1. The predicted octanol–water partition coefficient (Wildman–Crippen LogP) is 9.83. The van der Waals surface area contributed by atoms with Crippen LogP contribution in [0.3, 0.4) is 0 Å². The molecule has 17 unspecified atom stereocenters. The monoisotopic (exact) mass is 1270 g/mol. The van der Waals surface area contributed by atoms with E-state index in [1.54, 1.807) is 6.08 Å². The van der Waals surface area contributed by atoms with Gasteiger partial charge in [0.2, 0.25) is 5.91 Å². The van der Waals surface area contributed by atoms with Crippen LogP contribution >= 0.6 is 0 Å². The molecule has 3 aliphatic heterocycles. The van der Waals surface area contributed by atoms with Crippen molar-refractivity contribution in [2.45, 2.75) is 388 Å². The largest absolute Gasteiger partial charge is 0.394 e. The molecule has 0 saturated carbocycles. The third-order valence-electron chi connectivity index (χ3n) is 18.3. The number of amides is 1. The average molecular weight is 1270 g/mol. The molecule has 3 fully saturated rings. The van der Waals surface area contributed by atoms with Gasteiger partial charge in [0.25, 0.3) is 0 Å². The first kappa shape index (κ1) is 81.5. The van der Waals surface area contributed by atoms with Gasteiger partial charge in [0.05, 0.1) is 38.6 Å². The molecule has 1 amide bonds. The summed E-state index contributed by atoms with van der Waals surface area (Å²) in [6.45, 7) is 1.67. The van der Waals surface area contributed by atoms with Gasteiger partial charge in [-0.15, -0.1) is 0 Å². The lowest BCUT2D eigenvalue weighted by atomic mass is 9.96. The highest BCUT2D eigenvalue weighted by Crippen LogP contribution is 2.33. The Labute approximate surface area is 537 Å². The summed E-state index contributed by atoms with van der Waals surface area (Å²) < 4.78 is 34.2. The molecule has 3 aliphatic rings. The highest BCUT2D eigenvalue weighted by Gasteiger charge is 2.53. The molecule has 0 spiro atoms. The van der Waals surface area contributed by atoms with Crippen LogP contribution in [0.4, 0.5) is 0 Å². The summed E-state index contributed by atoms with van der Waals surface area (Å²) in [5, 5.41) is 120. The van der Waals surface area contributed by atoms with E-state index in [-0.39, 0.29) is 18.9 Å². The number of unbranched alkanes of at least 4 members (excludes halogenated alkanes) is 38. The van der Waals surface area contributed by atoms with E-state index in [1.807, 2.05) is 6.08 Å². The van der Waals surface area contributed by atoms with Gasteiger partial charge < -0.3 is 89.9 Å². The van der Waals surface area contributed by atoms with Gasteiger partial charge in [-0.1, -0.05) is 269 Å². The Morgan fingerprint density at radius 3 is 1.12 bits per heavy atom. The van der Waals surface area contributed by atoms with E-state index in [1.165, 1.54) is 205 Å². The fraction of sp³-hybridized carbons (Fsp3) is 0.929. The highest BCUT2D eigenvalue weighted by molar-refractivity contribution is 5.76. The van der Waals surface area contributed by atoms with Gasteiger partial charge in [0, 0.05) is 6.42 Å². The zero-order chi connectivity index (χ0) is 64.7. The van der Waals surface area contributed by atoms with Crippen LogP contribution in [0.2, 0.25) is 0 Å². The number of carbonyl (C=O) groups excluding carboxylic acids is 1. The number of aliphatic hydroxyl groups excluding tert-OH is 11. The summed E-state index contributed by atoms with van der Waals surface area (Å²) in [6, 6.07) is -0.985. The number of nitrogens with one attached hydrogen (secondary N) is 1. The van der Waals surface area contributed by atoms with Crippen LogP contribution < -0.4 is 5.32 Å². The summed E-state index contributed by atoms with van der Waals surface area (Å²) in [4.78, 5) is 13.3. The van der Waals surface area contributed by atoms with Crippen LogP contribution in [0.15, 0.2) is 24.3 Å². The Hall–Kier alpha value is -1.73. The first-order valence-electron chi connectivity index (χ1n) is 36.1. The van der Waals surface area contributed by atoms with E-state index in [2.05, 4.69) is 31.3 Å². The van der Waals surface area contributed by atoms with Crippen molar-refractivity contribution in [2.24, 2.45) is 0 Å². The van der Waals surface area contributed by atoms with Crippen molar-refractivity contribution in [1.82, 2.24) is 5.32 Å². The van der Waals surface area contributed by atoms with Crippen molar-refractivity contribution in [3.8, 4) is 0 Å². The van der Waals surface area contributed by atoms with E-state index in [4.69, 9.17) is 28.4 Å². The van der Waals surface area contributed by atoms with Gasteiger partial charge in [-0.05, 0) is 32.1 Å². The Morgan fingerprint density at radius 1 is 0.393 bits per heavy atom. The summed E-state index contributed by atoms with van der Waals surface area (Å²) in [7, 11) is 0. The number of hydrogen-bond acceptors (Lipinski definition) is 18. The van der Waals surface area contributed by atoms with Crippen LogP contribution in [0.25, 0.3) is 0 Å². The number of hydrogen-bond donors (Lipinski definition) is 12. The van der Waals surface area contributed by atoms with Gasteiger partial charge in [0.15, 0.2) is 18.9 Å². The second kappa shape index (κ2) is 52.5. The van der Waals surface area contributed by atoms with E-state index in [0.29, 0.717) is 12.8 Å². The zero-order valence-corrected chi connectivity index (χ0v) is 55.4. The molecule has 0 aliphatic carbocycles. The van der Waals surface area contributed by atoms with Gasteiger partial charge in [-0.2, -0.15) is 0 Å². The Bertz CT molecular complexity index is 1710. The molecule has 3 saturated heterocycles. The maximum Gasteiger partial charge on any atom is 0.220 e. The van der Waals surface area contributed by atoms with Crippen LogP contribution in [0, 0.1) is 0 Å². The molecule has 0 aromatic carbocycles. The molecule has 0 aromatic heterocycles. The van der Waals surface area contributed by atoms with Crippen molar-refractivity contribution in [3.63, 3.8) is 0 Å². The molecule has 0 aromatic rings. The smallest absolute Gasteiger partial charge is 0.220 e. The number of aliphatic hydroxyl groups is 11. The Balaban J connectivity index is 1.29. The molecule has 19 heteroatoms. The first-order valence-corrected chi connectivity index (χ1v) is 36.1. The minimum Gasteiger partial charge on any atom is -0.394 e. The van der Waals surface area contributed by atoms with Crippen LogP contribution in [0.1, 0.15) is 284 Å². The fourth-order valence-electron chi connectivity index (χ4n) is 12.4. The van der Waals surface area contributed by atoms with Crippen LogP contribution in [-0.2, 0) is 33.2 Å². The molecule has 524 valence electrons. The zero-order valence-electron chi connectivity index (χ0n) is 55.4. The first-order chi connectivity index (χ1) is 43.3. The minimum absolute atomic E-state index is 0.240. The lowest BCUT2D eigenvalue weighted by Crippen LogP contribution is -2.66. The van der Waals surface area contributed by atoms with Crippen LogP contribution in [-0.4, -0.2) is 193 Å². The van der Waals surface area contributed by atoms with Crippen molar-refractivity contribution >= 4 is 5.91 Å². The molecule has 0 bridgehead atoms. The quantitative estimate of drug-likeness (QED) is 0.0199. The number of rotatable bonds is 56. The summed E-state index contributed by atoms with van der Waals surface area (Å²) in [5.74, 6) is -0.283. The van der Waals surface area contributed by atoms with Gasteiger partial charge in [-0.3, -0.25) is 4.79 Å². The van der Waals surface area contributed by atoms with Crippen molar-refractivity contribution in [1.29, 1.82) is 0 Å². The lowest BCUT2D eigenvalue weighted by molar-refractivity contribution is -0.379. The summed E-state index contributed by atoms with van der Waals surface area (Å²) in [6.07, 6.45) is 33.8. The third kappa shape index (κ3) is 34.5. The van der Waals surface area contributed by atoms with Crippen LogP contribution in [0.5, 0.6) is 0 Å². The lowest BCUT2D eigenvalue weighted by Gasteiger charge is -2.48. The van der Waals surface area contributed by atoms with E-state index < -0.39 is 124 Å². The molecule has 17 atom stereocenters. The molecule has 0 radical (unpaired) electrons. The predicted molar refractivity (Wildman–Crippen MR) is 346 cm³/mol. The normalized spacial score (nSPS) is 28.3. The summed E-state index contributed by atoms with van der Waals surface area (Å²) in [5.41, 5.74) is 0. The molecular formula is C70H131NO18. The standard InChI is InChI=1S/C70H131NO18/c1-3-5-7-9-11-13-14-15-16-17-18-19-20-21-22-23-24-25-26-27-28-29-30-31-32-33-34-35-36-37-38-40-42-44-46-48-58(76)71-53(54(75)47-45-43-41-39-12-10-8-6-4-2)52-84-68-64(82)61(79)66(56(50-73)86-68)89-70-65(83)62(80)67(57(51-74)87-70)88-69-63(81)60(78)59(77)55(49-72)85-69/h12,39,45,47,53-57,59-70,72-75,77-83H,3-11,13-38,40-44,46,48-52H2,1-2H3,(H,71,76)/b39-12+,47-45+. The summed E-state index contributed by atoms with van der Waals surface area (Å²) >= 11 is 0. The molecule has 3 rings (SSSR count). The maximum absolute atomic E-state index is 13.3. The topological polar surface area (TPSA) is 307 Å². The van der Waals surface area contributed by atoms with Gasteiger partial charge in [-0.25, -0.2) is 0 Å². The molecule has 3 heterocycles. The third-order valence-corrected chi connectivity index (χ3v) is 18.3. The number of allylic oxidation sites excluding steroid dienone is 3. The highest BCUT2D eigenvalue weighted by atomic mass is 16.8. The fourth-order valence-corrected chi connectivity index (χ4v) is 12.4. The maximum atomic E-state index is 13.3. The van der Waals surface area contributed by atoms with Crippen molar-refractivity contribution in [2.75, 3.05) is 26.4 Å². The second-order valence-corrected chi connectivity index (χ2v) is 26.1. The SMILES string of the molecule is CCCCC/C=C/CC/C=C/C(O)C(COC1OC(CO)C(OC2OC(CO)C(OC3OC(CO)C(O)C(O)C3O)C(O)C2O)C(O)C1O)NC(=O)CCCCCCCCCCCCCCCCCCCCCCCCCCCCCCCCCCCCC. The molecule has 19 nitrogen and oxygen atoms in total.